The summed E-state index contributed by atoms with van der Waals surface area (Å²) in [6, 6.07) is 8.13. The van der Waals surface area contributed by atoms with Gasteiger partial charge in [0.25, 0.3) is 0 Å². The summed E-state index contributed by atoms with van der Waals surface area (Å²) < 4.78 is 5.61. The second-order valence-electron chi connectivity index (χ2n) is 10.2. The smallest absolute Gasteiger partial charge is 0.410 e. The zero-order valence-electron chi connectivity index (χ0n) is 19.2. The Kier molecular flexibility index (Phi) is 6.14. The minimum atomic E-state index is -1.39. The summed E-state index contributed by atoms with van der Waals surface area (Å²) in [5.74, 6) is 4.49. The number of nitrogens with one attached hydrogen (secondary N) is 1. The quantitative estimate of drug-likeness (QED) is 0.503. The summed E-state index contributed by atoms with van der Waals surface area (Å²) in [5, 5.41) is 0. The molecular formula is C24H33N3O2Si. The molecule has 2 aromatic rings. The molecule has 0 radical (unpaired) electrons. The number of benzene rings is 1. The lowest BCUT2D eigenvalue weighted by molar-refractivity contribution is 0.0214. The summed E-state index contributed by atoms with van der Waals surface area (Å²) in [5.41, 5.74) is 5.91. The lowest BCUT2D eigenvalue weighted by Crippen LogP contribution is -2.37. The number of ether oxygens (including phenoxy) is 1. The standard InChI is InChI=1S/C24H33N3O2Si/c1-17-14-21(27(16-17)23(28)29-24(2,3)4)22-25-15-20(26-22)19-10-8-18(9-11-19)12-13-30(5,6)7/h8-11,15,17,21H,14,16H2,1-7H3,(H,25,26). The van der Waals surface area contributed by atoms with Crippen molar-refractivity contribution in [3.63, 3.8) is 0 Å². The fraction of sp³-hybridized carbons (Fsp3) is 0.500. The Balaban J connectivity index is 1.78. The maximum absolute atomic E-state index is 12.7. The van der Waals surface area contributed by atoms with Crippen LogP contribution in [0.5, 0.6) is 0 Å². The lowest BCUT2D eigenvalue weighted by Gasteiger charge is -2.27. The second-order valence-corrected chi connectivity index (χ2v) is 15.0. The van der Waals surface area contributed by atoms with Gasteiger partial charge in [-0.25, -0.2) is 9.78 Å². The van der Waals surface area contributed by atoms with Gasteiger partial charge in [0, 0.05) is 12.1 Å². The van der Waals surface area contributed by atoms with Crippen LogP contribution in [0.4, 0.5) is 4.79 Å². The van der Waals surface area contributed by atoms with E-state index in [0.717, 1.165) is 29.1 Å². The summed E-state index contributed by atoms with van der Waals surface area (Å²) >= 11 is 0. The normalized spacial score (nSPS) is 19.4. The van der Waals surface area contributed by atoms with Crippen LogP contribution in [0.1, 0.15) is 51.5 Å². The van der Waals surface area contributed by atoms with E-state index in [0.29, 0.717) is 12.5 Å². The summed E-state index contributed by atoms with van der Waals surface area (Å²) in [7, 11) is -1.39. The number of aromatic amines is 1. The molecule has 0 bridgehead atoms. The van der Waals surface area contributed by atoms with Crippen LogP contribution in [0.2, 0.25) is 19.6 Å². The predicted octanol–water partition coefficient (Wildman–Crippen LogP) is 5.62. The minimum absolute atomic E-state index is 0.0921. The molecule has 3 rings (SSSR count). The minimum Gasteiger partial charge on any atom is -0.444 e. The van der Waals surface area contributed by atoms with E-state index in [9.17, 15) is 4.79 Å². The van der Waals surface area contributed by atoms with Crippen LogP contribution in [0.15, 0.2) is 30.5 Å². The number of nitrogens with zero attached hydrogens (tertiary/aromatic N) is 2. The monoisotopic (exact) mass is 423 g/mol. The molecule has 6 heteroatoms. The highest BCUT2D eigenvalue weighted by molar-refractivity contribution is 6.83. The van der Waals surface area contributed by atoms with Crippen LogP contribution in [-0.2, 0) is 4.74 Å². The van der Waals surface area contributed by atoms with Gasteiger partial charge in [-0.15, -0.1) is 5.54 Å². The molecule has 1 aliphatic heterocycles. The number of amides is 1. The van der Waals surface area contributed by atoms with Crippen molar-refractivity contribution in [2.24, 2.45) is 5.92 Å². The Hall–Kier alpha value is -2.52. The van der Waals surface area contributed by atoms with Gasteiger partial charge in [-0.1, -0.05) is 44.6 Å². The molecule has 2 unspecified atom stereocenters. The largest absolute Gasteiger partial charge is 0.444 e. The number of carbonyl (C=O) groups excluding carboxylic acids is 1. The van der Waals surface area contributed by atoms with Crippen molar-refractivity contribution < 1.29 is 9.53 Å². The topological polar surface area (TPSA) is 58.2 Å². The van der Waals surface area contributed by atoms with Crippen LogP contribution < -0.4 is 0 Å². The molecule has 1 fully saturated rings. The summed E-state index contributed by atoms with van der Waals surface area (Å²) in [6.07, 6.45) is 2.44. The van der Waals surface area contributed by atoms with Gasteiger partial charge in [-0.05, 0) is 50.8 Å². The third-order valence-corrected chi connectivity index (χ3v) is 5.70. The Labute approximate surface area is 181 Å². The van der Waals surface area contributed by atoms with Crippen LogP contribution in [0.3, 0.4) is 0 Å². The van der Waals surface area contributed by atoms with E-state index in [4.69, 9.17) is 4.74 Å². The van der Waals surface area contributed by atoms with Gasteiger partial charge >= 0.3 is 6.09 Å². The Bertz CT molecular complexity index is 955. The molecule has 0 saturated carbocycles. The number of imidazole rings is 1. The highest BCUT2D eigenvalue weighted by Gasteiger charge is 2.38. The first kappa shape index (κ1) is 22.2. The van der Waals surface area contributed by atoms with E-state index in [2.05, 4.69) is 60.1 Å². The van der Waals surface area contributed by atoms with Crippen LogP contribution >= 0.6 is 0 Å². The average Bonchev–Trinajstić information content (AvgIpc) is 3.25. The van der Waals surface area contributed by atoms with Crippen molar-refractivity contribution in [3.8, 4) is 22.7 Å². The van der Waals surface area contributed by atoms with Gasteiger partial charge in [0.2, 0.25) is 0 Å². The Morgan fingerprint density at radius 1 is 1.23 bits per heavy atom. The third kappa shape index (κ3) is 5.76. The molecule has 1 aromatic carbocycles. The fourth-order valence-corrected chi connectivity index (χ4v) is 3.99. The predicted molar refractivity (Wildman–Crippen MR) is 124 cm³/mol. The van der Waals surface area contributed by atoms with Crippen molar-refractivity contribution in [1.82, 2.24) is 14.9 Å². The molecule has 1 aromatic heterocycles. The number of carbonyl (C=O) groups is 1. The van der Waals surface area contributed by atoms with Gasteiger partial charge < -0.3 is 9.72 Å². The number of hydrogen-bond donors (Lipinski definition) is 1. The Morgan fingerprint density at radius 2 is 1.90 bits per heavy atom. The molecule has 0 spiro atoms. The van der Waals surface area contributed by atoms with E-state index < -0.39 is 13.7 Å². The molecular weight excluding hydrogens is 390 g/mol. The molecule has 1 N–H and O–H groups in total. The van der Waals surface area contributed by atoms with E-state index in [1.807, 2.05) is 39.1 Å². The lowest BCUT2D eigenvalue weighted by atomic mass is 10.1. The van der Waals surface area contributed by atoms with E-state index in [-0.39, 0.29) is 12.1 Å². The summed E-state index contributed by atoms with van der Waals surface area (Å²) in [6.45, 7) is 15.2. The Morgan fingerprint density at radius 3 is 2.50 bits per heavy atom. The number of H-pyrrole nitrogens is 1. The van der Waals surface area contributed by atoms with E-state index in [1.54, 1.807) is 4.90 Å². The van der Waals surface area contributed by atoms with E-state index >= 15 is 0 Å². The van der Waals surface area contributed by atoms with E-state index in [1.165, 1.54) is 0 Å². The zero-order valence-corrected chi connectivity index (χ0v) is 20.2. The molecule has 5 nitrogen and oxygen atoms in total. The van der Waals surface area contributed by atoms with Crippen molar-refractivity contribution >= 4 is 14.2 Å². The molecule has 1 aliphatic rings. The first-order valence-electron chi connectivity index (χ1n) is 10.6. The van der Waals surface area contributed by atoms with Gasteiger partial charge in [0.1, 0.15) is 19.5 Å². The number of aromatic nitrogens is 2. The highest BCUT2D eigenvalue weighted by Crippen LogP contribution is 2.35. The fourth-order valence-electron chi connectivity index (χ4n) is 3.47. The molecule has 30 heavy (non-hydrogen) atoms. The number of rotatable bonds is 2. The number of hydrogen-bond acceptors (Lipinski definition) is 3. The van der Waals surface area contributed by atoms with Gasteiger partial charge in [0.15, 0.2) is 0 Å². The number of likely N-dealkylation sites (tertiary alicyclic amines) is 1. The molecule has 1 amide bonds. The van der Waals surface area contributed by atoms with Gasteiger partial charge in [0.05, 0.1) is 17.9 Å². The molecule has 2 atom stereocenters. The third-order valence-electron chi connectivity index (χ3n) is 4.83. The maximum atomic E-state index is 12.7. The molecule has 160 valence electrons. The van der Waals surface area contributed by atoms with Crippen LogP contribution in [-0.4, -0.2) is 41.2 Å². The van der Waals surface area contributed by atoms with Crippen molar-refractivity contribution in [2.45, 2.75) is 65.4 Å². The summed E-state index contributed by atoms with van der Waals surface area (Å²) in [4.78, 5) is 22.5. The molecule has 2 heterocycles. The van der Waals surface area contributed by atoms with Crippen molar-refractivity contribution in [1.29, 1.82) is 0 Å². The van der Waals surface area contributed by atoms with Crippen molar-refractivity contribution in [2.75, 3.05) is 6.54 Å². The SMILES string of the molecule is CC1CC(c2ncc(-c3ccc(C#C[Si](C)(C)C)cc3)[nH]2)N(C(=O)OC(C)(C)C)C1. The second kappa shape index (κ2) is 8.31. The maximum Gasteiger partial charge on any atom is 0.410 e. The molecule has 1 saturated heterocycles. The first-order chi connectivity index (χ1) is 13.9. The highest BCUT2D eigenvalue weighted by atomic mass is 28.3. The van der Waals surface area contributed by atoms with Gasteiger partial charge in [-0.2, -0.15) is 0 Å². The molecule has 0 aliphatic carbocycles. The van der Waals surface area contributed by atoms with Crippen LogP contribution in [0.25, 0.3) is 11.3 Å². The van der Waals surface area contributed by atoms with Crippen LogP contribution in [0, 0.1) is 17.4 Å². The van der Waals surface area contributed by atoms with Gasteiger partial charge in [-0.3, -0.25) is 4.90 Å². The zero-order chi connectivity index (χ0) is 22.1. The first-order valence-corrected chi connectivity index (χ1v) is 14.1. The average molecular weight is 424 g/mol. The van der Waals surface area contributed by atoms with Crippen molar-refractivity contribution in [3.05, 3.63) is 41.9 Å².